The van der Waals surface area contributed by atoms with Gasteiger partial charge in [-0.25, -0.2) is 4.90 Å². The average molecular weight is 565 g/mol. The van der Waals surface area contributed by atoms with Gasteiger partial charge in [-0.3, -0.25) is 14.4 Å². The van der Waals surface area contributed by atoms with Crippen LogP contribution >= 0.6 is 46.4 Å². The zero-order valence-corrected chi connectivity index (χ0v) is 21.6. The Balaban J connectivity index is 1.47. The van der Waals surface area contributed by atoms with Gasteiger partial charge < -0.3 is 15.4 Å². The van der Waals surface area contributed by atoms with Crippen LogP contribution in [0.3, 0.4) is 0 Å². The molecule has 4 rings (SSSR count). The summed E-state index contributed by atoms with van der Waals surface area (Å²) >= 11 is 24.3. The van der Waals surface area contributed by atoms with E-state index in [1.54, 1.807) is 48.5 Å². The third-order valence-corrected chi connectivity index (χ3v) is 6.47. The van der Waals surface area contributed by atoms with E-state index in [1.807, 2.05) is 6.92 Å². The number of amides is 3. The third kappa shape index (κ3) is 5.29. The van der Waals surface area contributed by atoms with Gasteiger partial charge in [-0.1, -0.05) is 46.4 Å². The van der Waals surface area contributed by atoms with Crippen molar-refractivity contribution in [1.29, 1.82) is 0 Å². The van der Waals surface area contributed by atoms with Crippen molar-refractivity contribution in [3.05, 3.63) is 92.0 Å². The van der Waals surface area contributed by atoms with E-state index >= 15 is 0 Å². The molecule has 7 nitrogen and oxygen atoms in total. The van der Waals surface area contributed by atoms with Gasteiger partial charge >= 0.3 is 0 Å². The minimum atomic E-state index is -0.768. The number of hydrogen-bond acceptors (Lipinski definition) is 5. The van der Waals surface area contributed by atoms with Gasteiger partial charge in [-0.05, 0) is 67.6 Å². The lowest BCUT2D eigenvalue weighted by Gasteiger charge is -2.17. The highest BCUT2D eigenvalue weighted by Crippen LogP contribution is 2.38. The van der Waals surface area contributed by atoms with Gasteiger partial charge in [0.05, 0.1) is 27.4 Å². The first kappa shape index (κ1) is 25.9. The summed E-state index contributed by atoms with van der Waals surface area (Å²) in [5.41, 5.74) is 1.34. The third-order valence-electron chi connectivity index (χ3n) is 5.10. The first-order valence-electron chi connectivity index (χ1n) is 10.5. The summed E-state index contributed by atoms with van der Waals surface area (Å²) in [4.78, 5) is 39.1. The monoisotopic (exact) mass is 563 g/mol. The van der Waals surface area contributed by atoms with Crippen molar-refractivity contribution in [3.8, 4) is 5.75 Å². The molecule has 3 amide bonds. The van der Waals surface area contributed by atoms with Gasteiger partial charge in [-0.2, -0.15) is 0 Å². The Hall–Kier alpha value is -3.23. The second kappa shape index (κ2) is 10.8. The van der Waals surface area contributed by atoms with E-state index in [9.17, 15) is 14.4 Å². The lowest BCUT2D eigenvalue weighted by Crippen LogP contribution is -2.32. The van der Waals surface area contributed by atoms with Crippen LogP contribution in [0.5, 0.6) is 5.75 Å². The molecule has 0 fully saturated rings. The zero-order chi connectivity index (χ0) is 26.0. The molecule has 36 heavy (non-hydrogen) atoms. The van der Waals surface area contributed by atoms with Crippen molar-refractivity contribution in [1.82, 2.24) is 0 Å². The molecule has 0 bridgehead atoms. The lowest BCUT2D eigenvalue weighted by atomic mass is 10.2. The number of carbonyl (C=O) groups excluding carboxylic acids is 3. The average Bonchev–Trinajstić information content (AvgIpc) is 3.06. The molecule has 184 valence electrons. The van der Waals surface area contributed by atoms with Crippen LogP contribution in [0.15, 0.2) is 71.4 Å². The molecule has 1 aliphatic heterocycles. The van der Waals surface area contributed by atoms with Crippen LogP contribution in [0, 0.1) is 0 Å². The molecular formula is C25H17Cl4N3O4. The van der Waals surface area contributed by atoms with Crippen LogP contribution in [0.4, 0.5) is 17.1 Å². The van der Waals surface area contributed by atoms with E-state index in [2.05, 4.69) is 10.6 Å². The van der Waals surface area contributed by atoms with Gasteiger partial charge in [0, 0.05) is 16.9 Å². The highest BCUT2D eigenvalue weighted by molar-refractivity contribution is 6.54. The Kier molecular flexibility index (Phi) is 7.76. The summed E-state index contributed by atoms with van der Waals surface area (Å²) in [5, 5.41) is 5.66. The van der Waals surface area contributed by atoms with Crippen molar-refractivity contribution in [2.24, 2.45) is 0 Å². The topological polar surface area (TPSA) is 87.7 Å². The van der Waals surface area contributed by atoms with Crippen LogP contribution < -0.4 is 20.3 Å². The molecule has 0 unspecified atom stereocenters. The first-order valence-corrected chi connectivity index (χ1v) is 12.0. The van der Waals surface area contributed by atoms with Crippen LogP contribution in [-0.2, 0) is 9.59 Å². The Morgan fingerprint density at radius 2 is 1.44 bits per heavy atom. The van der Waals surface area contributed by atoms with Gasteiger partial charge in [-0.15, -0.1) is 0 Å². The summed E-state index contributed by atoms with van der Waals surface area (Å²) in [7, 11) is 0. The fourth-order valence-electron chi connectivity index (χ4n) is 3.37. The number of ether oxygens (including phenoxy) is 1. The van der Waals surface area contributed by atoms with E-state index in [-0.39, 0.29) is 37.4 Å². The molecule has 0 saturated carbocycles. The van der Waals surface area contributed by atoms with Crippen LogP contribution in [0.25, 0.3) is 0 Å². The standard InChI is InChI=1S/C25H17Cl4N3O4/c1-2-36-16-9-7-15(8-10-16)31-23(33)13-3-5-14(6-4-13)30-22-21(29)24(34)32(25(22)35)20-12-18(27)17(26)11-19(20)28/h3-12,30H,2H2,1H3,(H,31,33). The summed E-state index contributed by atoms with van der Waals surface area (Å²) in [6, 6.07) is 15.9. The largest absolute Gasteiger partial charge is 0.494 e. The second-order valence-electron chi connectivity index (χ2n) is 7.47. The zero-order valence-electron chi connectivity index (χ0n) is 18.6. The van der Waals surface area contributed by atoms with E-state index in [4.69, 9.17) is 51.1 Å². The molecule has 0 spiro atoms. The van der Waals surface area contributed by atoms with E-state index in [0.29, 0.717) is 29.3 Å². The molecule has 0 aromatic heterocycles. The van der Waals surface area contributed by atoms with Gasteiger partial charge in [0.15, 0.2) is 0 Å². The smallest absolute Gasteiger partial charge is 0.283 e. The number of hydrogen-bond donors (Lipinski definition) is 2. The fourth-order valence-corrected chi connectivity index (χ4v) is 4.21. The molecule has 3 aromatic rings. The van der Waals surface area contributed by atoms with E-state index < -0.39 is 11.8 Å². The van der Waals surface area contributed by atoms with Crippen LogP contribution in [0.1, 0.15) is 17.3 Å². The first-order chi connectivity index (χ1) is 17.2. The number of nitrogens with one attached hydrogen (secondary N) is 2. The number of imide groups is 1. The highest BCUT2D eigenvalue weighted by atomic mass is 35.5. The lowest BCUT2D eigenvalue weighted by molar-refractivity contribution is -0.120. The number of carbonyl (C=O) groups is 3. The molecule has 0 saturated heterocycles. The van der Waals surface area contributed by atoms with Crippen molar-refractivity contribution >= 4 is 81.2 Å². The Bertz CT molecular complexity index is 1390. The minimum absolute atomic E-state index is 0.0531. The predicted molar refractivity (Wildman–Crippen MR) is 142 cm³/mol. The predicted octanol–water partition coefficient (Wildman–Crippen LogP) is 6.73. The minimum Gasteiger partial charge on any atom is -0.494 e. The molecule has 0 atom stereocenters. The van der Waals surface area contributed by atoms with Crippen LogP contribution in [-0.4, -0.2) is 24.3 Å². The van der Waals surface area contributed by atoms with E-state index in [1.165, 1.54) is 12.1 Å². The molecule has 1 heterocycles. The molecule has 1 aliphatic rings. The Labute approximate surface area is 226 Å². The summed E-state index contributed by atoms with van der Waals surface area (Å²) in [5.74, 6) is -1.10. The fraction of sp³-hybridized carbons (Fsp3) is 0.0800. The number of benzene rings is 3. The van der Waals surface area contributed by atoms with Gasteiger partial charge in [0.2, 0.25) is 0 Å². The molecular weight excluding hydrogens is 548 g/mol. The van der Waals surface area contributed by atoms with Crippen LogP contribution in [0.2, 0.25) is 15.1 Å². The number of halogens is 4. The molecule has 0 aliphatic carbocycles. The second-order valence-corrected chi connectivity index (χ2v) is 9.07. The maximum absolute atomic E-state index is 13.0. The molecule has 3 aromatic carbocycles. The number of anilines is 3. The number of rotatable bonds is 7. The van der Waals surface area contributed by atoms with Gasteiger partial charge in [0.25, 0.3) is 17.7 Å². The summed E-state index contributed by atoms with van der Waals surface area (Å²) in [6.45, 7) is 2.44. The maximum atomic E-state index is 13.0. The summed E-state index contributed by atoms with van der Waals surface area (Å²) in [6.07, 6.45) is 0. The quantitative estimate of drug-likeness (QED) is 0.245. The molecule has 2 N–H and O–H groups in total. The SMILES string of the molecule is CCOc1ccc(NC(=O)c2ccc(NC3=C(Cl)C(=O)N(c4cc(Cl)c(Cl)cc4Cl)C3=O)cc2)cc1. The number of nitrogens with zero attached hydrogens (tertiary/aromatic N) is 1. The molecule has 11 heteroatoms. The van der Waals surface area contributed by atoms with Crippen molar-refractivity contribution in [2.45, 2.75) is 6.92 Å². The Morgan fingerprint density at radius 3 is 2.08 bits per heavy atom. The van der Waals surface area contributed by atoms with Crippen molar-refractivity contribution in [3.63, 3.8) is 0 Å². The van der Waals surface area contributed by atoms with Crippen molar-refractivity contribution in [2.75, 3.05) is 22.1 Å². The molecule has 0 radical (unpaired) electrons. The summed E-state index contributed by atoms with van der Waals surface area (Å²) < 4.78 is 5.39. The van der Waals surface area contributed by atoms with Crippen molar-refractivity contribution < 1.29 is 19.1 Å². The highest BCUT2D eigenvalue weighted by Gasteiger charge is 2.40. The normalized spacial score (nSPS) is 13.3. The maximum Gasteiger partial charge on any atom is 0.283 e. The Morgan fingerprint density at radius 1 is 0.833 bits per heavy atom. The van der Waals surface area contributed by atoms with Gasteiger partial charge in [0.1, 0.15) is 16.5 Å². The van der Waals surface area contributed by atoms with E-state index in [0.717, 1.165) is 4.90 Å².